The van der Waals surface area contributed by atoms with Gasteiger partial charge < -0.3 is 9.64 Å². The van der Waals surface area contributed by atoms with E-state index in [1.54, 1.807) is 4.90 Å². The monoisotopic (exact) mass is 404 g/mol. The number of aromatic nitrogens is 3. The zero-order valence-electron chi connectivity index (χ0n) is 14.6. The van der Waals surface area contributed by atoms with Gasteiger partial charge in [0.1, 0.15) is 17.3 Å². The van der Waals surface area contributed by atoms with Crippen LogP contribution < -0.4 is 10.3 Å². The van der Waals surface area contributed by atoms with E-state index < -0.39 is 0 Å². The fourth-order valence-electron chi connectivity index (χ4n) is 3.04. The SMILES string of the molecule is Cn1nc(C(=O)N2CCC(Oc3nc4c(Cl)cccc4s3)CC2)ccc1=O. The molecule has 0 N–H and O–H groups in total. The Hall–Kier alpha value is -2.45. The highest BCUT2D eigenvalue weighted by Gasteiger charge is 2.26. The van der Waals surface area contributed by atoms with E-state index in [9.17, 15) is 9.59 Å². The normalized spacial score (nSPS) is 15.3. The standard InChI is InChI=1S/C18H17ClN4O3S/c1-22-15(24)6-5-13(21-22)17(25)23-9-7-11(8-10-23)26-18-20-16-12(19)3-2-4-14(16)27-18/h2-6,11H,7-10H2,1H3. The number of likely N-dealkylation sites (tertiary alicyclic amines) is 1. The molecular weight excluding hydrogens is 388 g/mol. The number of hydrogen-bond acceptors (Lipinski definition) is 6. The number of benzene rings is 1. The molecule has 0 radical (unpaired) electrons. The van der Waals surface area contributed by atoms with Crippen LogP contribution in [0.1, 0.15) is 23.3 Å². The summed E-state index contributed by atoms with van der Waals surface area (Å²) in [6.07, 6.45) is 1.42. The van der Waals surface area contributed by atoms with Crippen molar-refractivity contribution in [2.24, 2.45) is 7.05 Å². The number of rotatable bonds is 3. The molecular formula is C18H17ClN4O3S. The molecule has 3 aromatic rings. The zero-order valence-corrected chi connectivity index (χ0v) is 16.2. The molecule has 27 heavy (non-hydrogen) atoms. The Morgan fingerprint density at radius 2 is 2.04 bits per heavy atom. The van der Waals surface area contributed by atoms with Gasteiger partial charge in [0, 0.05) is 39.0 Å². The summed E-state index contributed by atoms with van der Waals surface area (Å²) in [7, 11) is 1.53. The molecule has 1 saturated heterocycles. The van der Waals surface area contributed by atoms with Gasteiger partial charge in [-0.1, -0.05) is 29.0 Å². The Kier molecular flexibility index (Phi) is 4.84. The molecule has 0 unspecified atom stereocenters. The van der Waals surface area contributed by atoms with Crippen LogP contribution in [0.5, 0.6) is 5.19 Å². The average Bonchev–Trinajstić information content (AvgIpc) is 3.08. The quantitative estimate of drug-likeness (QED) is 0.670. The van der Waals surface area contributed by atoms with Gasteiger partial charge in [0.05, 0.1) is 9.72 Å². The predicted octanol–water partition coefficient (Wildman–Crippen LogP) is 2.73. The summed E-state index contributed by atoms with van der Waals surface area (Å²) < 4.78 is 8.17. The summed E-state index contributed by atoms with van der Waals surface area (Å²) in [5, 5.41) is 5.24. The van der Waals surface area contributed by atoms with Crippen molar-refractivity contribution in [3.63, 3.8) is 0 Å². The van der Waals surface area contributed by atoms with Crippen LogP contribution in [0.15, 0.2) is 35.1 Å². The number of thiazole rings is 1. The molecule has 2 aromatic heterocycles. The summed E-state index contributed by atoms with van der Waals surface area (Å²) in [5.74, 6) is -0.171. The fourth-order valence-corrected chi connectivity index (χ4v) is 4.22. The third kappa shape index (κ3) is 3.68. The van der Waals surface area contributed by atoms with Crippen molar-refractivity contribution >= 4 is 39.1 Å². The first-order chi connectivity index (χ1) is 13.0. The first-order valence-corrected chi connectivity index (χ1v) is 9.76. The Morgan fingerprint density at radius 3 is 2.74 bits per heavy atom. The second-order valence-corrected chi connectivity index (χ2v) is 7.76. The maximum Gasteiger partial charge on any atom is 0.274 e. The second-order valence-electron chi connectivity index (χ2n) is 6.36. The number of fused-ring (bicyclic) bond motifs is 1. The van der Waals surface area contributed by atoms with Crippen molar-refractivity contribution in [2.45, 2.75) is 18.9 Å². The molecule has 9 heteroatoms. The molecule has 4 rings (SSSR count). The number of aryl methyl sites for hydroxylation is 1. The van der Waals surface area contributed by atoms with E-state index in [0.717, 1.165) is 10.2 Å². The molecule has 0 saturated carbocycles. The van der Waals surface area contributed by atoms with Crippen molar-refractivity contribution in [3.8, 4) is 5.19 Å². The van der Waals surface area contributed by atoms with Gasteiger partial charge in [0.15, 0.2) is 0 Å². The van der Waals surface area contributed by atoms with Gasteiger partial charge in [-0.15, -0.1) is 0 Å². The van der Waals surface area contributed by atoms with E-state index in [4.69, 9.17) is 16.3 Å². The maximum absolute atomic E-state index is 12.6. The average molecular weight is 405 g/mol. The van der Waals surface area contributed by atoms with Crippen molar-refractivity contribution in [1.82, 2.24) is 19.7 Å². The number of amides is 1. The van der Waals surface area contributed by atoms with Gasteiger partial charge in [-0.25, -0.2) is 9.67 Å². The highest BCUT2D eigenvalue weighted by Crippen LogP contribution is 2.33. The highest BCUT2D eigenvalue weighted by atomic mass is 35.5. The van der Waals surface area contributed by atoms with Gasteiger partial charge in [0.2, 0.25) is 0 Å². The van der Waals surface area contributed by atoms with Gasteiger partial charge in [-0.3, -0.25) is 9.59 Å². The molecule has 7 nitrogen and oxygen atoms in total. The van der Waals surface area contributed by atoms with E-state index in [2.05, 4.69) is 10.1 Å². The minimum absolute atomic E-state index is 0.00137. The Morgan fingerprint density at radius 1 is 1.26 bits per heavy atom. The largest absolute Gasteiger partial charge is 0.467 e. The van der Waals surface area contributed by atoms with Crippen LogP contribution >= 0.6 is 22.9 Å². The minimum Gasteiger partial charge on any atom is -0.467 e. The third-order valence-corrected chi connectivity index (χ3v) is 5.74. The molecule has 0 spiro atoms. The summed E-state index contributed by atoms with van der Waals surface area (Å²) in [6, 6.07) is 8.49. The van der Waals surface area contributed by atoms with Crippen LogP contribution in [-0.4, -0.2) is 44.8 Å². The molecule has 3 heterocycles. The lowest BCUT2D eigenvalue weighted by Crippen LogP contribution is -2.42. The summed E-state index contributed by atoms with van der Waals surface area (Å²) >= 11 is 7.63. The van der Waals surface area contributed by atoms with Gasteiger partial charge in [-0.05, 0) is 18.2 Å². The van der Waals surface area contributed by atoms with Crippen LogP contribution in [0.2, 0.25) is 5.02 Å². The van der Waals surface area contributed by atoms with Crippen molar-refractivity contribution in [2.75, 3.05) is 13.1 Å². The number of para-hydroxylation sites is 1. The number of carbonyl (C=O) groups is 1. The van der Waals surface area contributed by atoms with Gasteiger partial charge in [-0.2, -0.15) is 5.10 Å². The Bertz CT molecular complexity index is 1060. The van der Waals surface area contributed by atoms with Crippen molar-refractivity contribution in [3.05, 3.63) is 51.4 Å². The van der Waals surface area contributed by atoms with Crippen LogP contribution in [0.25, 0.3) is 10.2 Å². The van der Waals surface area contributed by atoms with E-state index in [1.165, 1.54) is 35.2 Å². The predicted molar refractivity (Wildman–Crippen MR) is 104 cm³/mol. The molecule has 1 aliphatic heterocycles. The lowest BCUT2D eigenvalue weighted by molar-refractivity contribution is 0.0588. The topological polar surface area (TPSA) is 77.3 Å². The van der Waals surface area contributed by atoms with Gasteiger partial charge >= 0.3 is 0 Å². The number of carbonyl (C=O) groups excluding carboxylic acids is 1. The molecule has 0 bridgehead atoms. The van der Waals surface area contributed by atoms with Crippen LogP contribution in [-0.2, 0) is 7.05 Å². The number of hydrogen-bond donors (Lipinski definition) is 0. The lowest BCUT2D eigenvalue weighted by atomic mass is 10.1. The van der Waals surface area contributed by atoms with Gasteiger partial charge in [0.25, 0.3) is 16.7 Å². The molecule has 1 amide bonds. The lowest BCUT2D eigenvalue weighted by Gasteiger charge is -2.31. The van der Waals surface area contributed by atoms with E-state index in [-0.39, 0.29) is 23.3 Å². The minimum atomic E-state index is -0.241. The summed E-state index contributed by atoms with van der Waals surface area (Å²) in [6.45, 7) is 1.14. The summed E-state index contributed by atoms with van der Waals surface area (Å²) in [5.41, 5.74) is 0.791. The van der Waals surface area contributed by atoms with Crippen molar-refractivity contribution < 1.29 is 9.53 Å². The fraction of sp³-hybridized carbons (Fsp3) is 0.333. The van der Waals surface area contributed by atoms with Crippen LogP contribution in [0.3, 0.4) is 0 Å². The molecule has 1 aliphatic rings. The molecule has 1 fully saturated rings. The number of ether oxygens (including phenoxy) is 1. The summed E-state index contributed by atoms with van der Waals surface area (Å²) in [4.78, 5) is 30.2. The van der Waals surface area contributed by atoms with Crippen LogP contribution in [0.4, 0.5) is 0 Å². The smallest absolute Gasteiger partial charge is 0.274 e. The van der Waals surface area contributed by atoms with E-state index >= 15 is 0 Å². The van der Waals surface area contributed by atoms with E-state index in [0.29, 0.717) is 36.1 Å². The van der Waals surface area contributed by atoms with Crippen molar-refractivity contribution in [1.29, 1.82) is 0 Å². The molecule has 0 aliphatic carbocycles. The first kappa shape index (κ1) is 17.9. The second kappa shape index (κ2) is 7.28. The Balaban J connectivity index is 1.39. The maximum atomic E-state index is 12.6. The Labute approximate surface area is 164 Å². The number of piperidine rings is 1. The van der Waals surface area contributed by atoms with E-state index in [1.807, 2.05) is 18.2 Å². The third-order valence-electron chi connectivity index (χ3n) is 4.53. The molecule has 140 valence electrons. The molecule has 1 aromatic carbocycles. The highest BCUT2D eigenvalue weighted by molar-refractivity contribution is 7.20. The zero-order chi connectivity index (χ0) is 19.0. The number of halogens is 1. The first-order valence-electron chi connectivity index (χ1n) is 8.56. The number of nitrogens with zero attached hydrogens (tertiary/aromatic N) is 4. The molecule has 0 atom stereocenters. The van der Waals surface area contributed by atoms with Crippen LogP contribution in [0, 0.1) is 0 Å².